The van der Waals surface area contributed by atoms with Crippen molar-refractivity contribution in [1.29, 1.82) is 0 Å². The summed E-state index contributed by atoms with van der Waals surface area (Å²) >= 11 is 0. The molecule has 6 aliphatic rings. The number of halogens is 2. The lowest BCUT2D eigenvalue weighted by Crippen LogP contribution is -2.60. The number of H-pyrrole nitrogens is 1. The van der Waals surface area contributed by atoms with E-state index in [1.165, 1.54) is 10.9 Å². The van der Waals surface area contributed by atoms with E-state index >= 15 is 4.39 Å². The molecule has 2 unspecified atom stereocenters. The zero-order valence-corrected chi connectivity index (χ0v) is 23.4. The normalized spacial score (nSPS) is 33.8. The highest BCUT2D eigenvalue weighted by molar-refractivity contribution is 5.85. The summed E-state index contributed by atoms with van der Waals surface area (Å²) in [4.78, 5) is 8.64. The first-order valence-electron chi connectivity index (χ1n) is 15.4. The molecular weight excluding hydrogens is 506 g/mol. The molecule has 3 aromatic rings. The smallest absolute Gasteiger partial charge is 0.130 e. The van der Waals surface area contributed by atoms with Crippen LogP contribution in [0.3, 0.4) is 0 Å². The van der Waals surface area contributed by atoms with E-state index in [0.29, 0.717) is 24.3 Å². The van der Waals surface area contributed by atoms with Gasteiger partial charge in [-0.25, -0.2) is 4.39 Å². The van der Waals surface area contributed by atoms with Crippen LogP contribution in [0.15, 0.2) is 36.4 Å². The number of aromatic amines is 1. The quantitative estimate of drug-likeness (QED) is 0.377. The van der Waals surface area contributed by atoms with Crippen LogP contribution < -0.4 is 5.32 Å². The minimum absolute atomic E-state index is 0.122. The molecule has 40 heavy (non-hydrogen) atoms. The fraction of sp³-hybridized carbons (Fsp3) is 0.576. The second-order valence-electron chi connectivity index (χ2n) is 13.4. The topological polar surface area (TPSA) is 54.5 Å². The maximum Gasteiger partial charge on any atom is 0.130 e. The Hall–Kier alpha value is -2.48. The molecule has 8 atom stereocenters. The molecular formula is C33H40F2N4O. The van der Waals surface area contributed by atoms with Gasteiger partial charge in [0.05, 0.1) is 24.9 Å². The van der Waals surface area contributed by atoms with Crippen LogP contribution in [0.2, 0.25) is 0 Å². The van der Waals surface area contributed by atoms with Crippen LogP contribution in [0.25, 0.3) is 10.9 Å². The first-order valence-corrected chi connectivity index (χ1v) is 15.4. The Kier molecular flexibility index (Phi) is 5.85. The molecule has 0 amide bonds. The summed E-state index contributed by atoms with van der Waals surface area (Å²) in [6.07, 6.45) is 3.26. The number of nitrogens with one attached hydrogen (secondary N) is 2. The number of para-hydroxylation sites is 1. The monoisotopic (exact) mass is 546 g/mol. The maximum atomic E-state index is 16.6. The van der Waals surface area contributed by atoms with E-state index in [0.717, 1.165) is 66.9 Å². The summed E-state index contributed by atoms with van der Waals surface area (Å²) in [6, 6.07) is 13.2. The van der Waals surface area contributed by atoms with Gasteiger partial charge < -0.3 is 15.4 Å². The molecule has 7 heteroatoms. The molecule has 4 bridgehead atoms. The van der Waals surface area contributed by atoms with Crippen molar-refractivity contribution in [3.63, 3.8) is 0 Å². The zero-order valence-electron chi connectivity index (χ0n) is 23.4. The highest BCUT2D eigenvalue weighted by Crippen LogP contribution is 2.65. The number of rotatable bonds is 6. The van der Waals surface area contributed by atoms with Gasteiger partial charge in [0.2, 0.25) is 0 Å². The highest BCUT2D eigenvalue weighted by atomic mass is 19.1. The zero-order chi connectivity index (χ0) is 27.3. The number of benzene rings is 2. The van der Waals surface area contributed by atoms with E-state index in [4.69, 9.17) is 0 Å². The number of aliphatic hydroxyl groups is 1. The van der Waals surface area contributed by atoms with Crippen LogP contribution in [-0.4, -0.2) is 70.4 Å². The highest BCUT2D eigenvalue weighted by Gasteiger charge is 2.61. The summed E-state index contributed by atoms with van der Waals surface area (Å²) < 4.78 is 29.2. The fourth-order valence-corrected chi connectivity index (χ4v) is 9.49. The molecule has 4 heterocycles. The van der Waals surface area contributed by atoms with Crippen molar-refractivity contribution < 1.29 is 13.9 Å². The molecule has 3 N–H and O–H groups in total. The molecule has 5 nitrogen and oxygen atoms in total. The Morgan fingerprint density at radius 2 is 1.98 bits per heavy atom. The Balaban J connectivity index is 1.25. The summed E-state index contributed by atoms with van der Waals surface area (Å²) in [7, 11) is 0. The molecule has 3 aliphatic carbocycles. The Morgan fingerprint density at radius 3 is 2.77 bits per heavy atom. The van der Waals surface area contributed by atoms with E-state index in [1.54, 1.807) is 6.07 Å². The predicted molar refractivity (Wildman–Crippen MR) is 154 cm³/mol. The third-order valence-electron chi connectivity index (χ3n) is 11.2. The summed E-state index contributed by atoms with van der Waals surface area (Å²) in [5.41, 5.74) is 6.46. The van der Waals surface area contributed by atoms with Gasteiger partial charge in [-0.05, 0) is 92.5 Å². The largest absolute Gasteiger partial charge is 0.393 e. The Labute approximate surface area is 234 Å². The third kappa shape index (κ3) is 3.59. The lowest BCUT2D eigenvalue weighted by atomic mass is 9.48. The molecule has 1 saturated heterocycles. The number of hydrogen-bond donors (Lipinski definition) is 3. The van der Waals surface area contributed by atoms with Gasteiger partial charge in [-0.3, -0.25) is 14.2 Å². The first kappa shape index (κ1) is 25.2. The molecule has 2 aromatic carbocycles. The lowest BCUT2D eigenvalue weighted by molar-refractivity contribution is -0.107. The van der Waals surface area contributed by atoms with Gasteiger partial charge in [0.25, 0.3) is 0 Å². The molecule has 3 saturated carbocycles. The molecule has 1 aromatic heterocycles. The van der Waals surface area contributed by atoms with Crippen LogP contribution in [0.4, 0.5) is 14.5 Å². The summed E-state index contributed by atoms with van der Waals surface area (Å²) in [5.74, 6) is 1.28. The fourth-order valence-electron chi connectivity index (χ4n) is 9.49. The summed E-state index contributed by atoms with van der Waals surface area (Å²) in [6.45, 7) is 6.50. The lowest BCUT2D eigenvalue weighted by Gasteiger charge is -2.60. The predicted octanol–water partition coefficient (Wildman–Crippen LogP) is 5.60. The van der Waals surface area contributed by atoms with Gasteiger partial charge in [-0.2, -0.15) is 0 Å². The number of likely N-dealkylation sites (tertiary alicyclic amines) is 1. The number of aromatic nitrogens is 1. The maximum absolute atomic E-state index is 16.6. The second kappa shape index (κ2) is 9.27. The van der Waals surface area contributed by atoms with Gasteiger partial charge in [0.1, 0.15) is 5.82 Å². The van der Waals surface area contributed by atoms with Gasteiger partial charge >= 0.3 is 0 Å². The minimum atomic E-state index is -0.364. The average Bonchev–Trinajstić information content (AvgIpc) is 3.24. The second-order valence-corrected chi connectivity index (χ2v) is 13.4. The Morgan fingerprint density at radius 1 is 1.15 bits per heavy atom. The van der Waals surface area contributed by atoms with Crippen LogP contribution in [-0.2, 0) is 6.42 Å². The van der Waals surface area contributed by atoms with Crippen molar-refractivity contribution in [3.8, 4) is 0 Å². The van der Waals surface area contributed by atoms with Crippen molar-refractivity contribution in [1.82, 2.24) is 14.8 Å². The number of nitrogens with zero attached hydrogens (tertiary/aromatic N) is 2. The van der Waals surface area contributed by atoms with E-state index < -0.39 is 0 Å². The van der Waals surface area contributed by atoms with Gasteiger partial charge in [0, 0.05) is 59.6 Å². The minimum Gasteiger partial charge on any atom is -0.393 e. The number of alkyl halides is 1. The Bertz CT molecular complexity index is 1450. The van der Waals surface area contributed by atoms with Gasteiger partial charge in [-0.15, -0.1) is 0 Å². The van der Waals surface area contributed by atoms with Crippen molar-refractivity contribution in [2.24, 2.45) is 17.8 Å². The number of fused-ring (bicyclic) bond motifs is 8. The number of aliphatic hydroxyl groups excluding tert-OH is 1. The third-order valence-corrected chi connectivity index (χ3v) is 11.2. The van der Waals surface area contributed by atoms with Crippen LogP contribution in [0.1, 0.15) is 67.5 Å². The SMILES string of the molecule is C[C@H](O)[C@H]1C[C@@H]2[C@@H]3CC1C3c1cc(NC3CN(CCCF)C3)cc(F)c1[C@H]1c3[nH]c4ccccc4c3C[C@H](C)N12. The standard InChI is InChI=1S/C33H40F2N4O/c1-17-10-24-21-6-3-4-7-28(21)37-32(24)33-31-26(30-23-13-25(30)29(39(17)33)14-22(23)18(2)40)11-19(12-27(31)35)36-20-15-38(16-20)9-5-8-34/h3-4,6-7,11-12,17-18,20,22-23,25,29-30,33,36-37,40H,5,8-10,13-16H2,1-2H3/t17-,18-,22+,23?,25-,29+,30?,33-/m0/s1. The van der Waals surface area contributed by atoms with E-state index in [9.17, 15) is 9.50 Å². The van der Waals surface area contributed by atoms with E-state index in [-0.39, 0.29) is 48.6 Å². The molecule has 212 valence electrons. The molecule has 0 spiro atoms. The van der Waals surface area contributed by atoms with Gasteiger partial charge in [0.15, 0.2) is 0 Å². The van der Waals surface area contributed by atoms with Crippen molar-refractivity contribution in [3.05, 3.63) is 64.6 Å². The molecule has 0 radical (unpaired) electrons. The average molecular weight is 547 g/mol. The van der Waals surface area contributed by atoms with E-state index in [1.807, 2.05) is 6.92 Å². The van der Waals surface area contributed by atoms with Crippen LogP contribution in [0.5, 0.6) is 0 Å². The molecule has 9 rings (SSSR count). The van der Waals surface area contributed by atoms with Crippen molar-refractivity contribution in [2.45, 2.75) is 75.7 Å². The molecule has 4 fully saturated rings. The van der Waals surface area contributed by atoms with Crippen LogP contribution in [0, 0.1) is 23.6 Å². The molecule has 3 aliphatic heterocycles. The van der Waals surface area contributed by atoms with Crippen molar-refractivity contribution in [2.75, 3.05) is 31.6 Å². The first-order chi connectivity index (χ1) is 19.4. The van der Waals surface area contributed by atoms with Gasteiger partial charge in [-0.1, -0.05) is 18.2 Å². The number of hydrogen-bond acceptors (Lipinski definition) is 4. The number of anilines is 1. The van der Waals surface area contributed by atoms with Crippen molar-refractivity contribution >= 4 is 16.6 Å². The summed E-state index contributed by atoms with van der Waals surface area (Å²) in [5, 5.41) is 15.8. The van der Waals surface area contributed by atoms with Crippen LogP contribution >= 0.6 is 0 Å². The van der Waals surface area contributed by atoms with E-state index in [2.05, 4.69) is 57.4 Å².